The zero-order valence-electron chi connectivity index (χ0n) is 72.0. The van der Waals surface area contributed by atoms with Gasteiger partial charge in [0.1, 0.15) is 25.4 Å². The number of hydrogen-bond acceptors (Lipinski definition) is 28. The molecule has 4 fully saturated rings. The number of aromatic nitrogens is 4. The lowest BCUT2D eigenvalue weighted by molar-refractivity contribution is -0.385. The zero-order chi connectivity index (χ0) is 94.6. The number of nitro benzene ring substituents is 4. The molecule has 48 heteroatoms. The summed E-state index contributed by atoms with van der Waals surface area (Å²) in [5, 5.41) is 51.1. The average Bonchev–Trinajstić information content (AvgIpc) is 0.780. The van der Waals surface area contributed by atoms with Crippen LogP contribution < -0.4 is 29.4 Å². The van der Waals surface area contributed by atoms with Gasteiger partial charge in [-0.3, -0.25) is 65.2 Å². The third-order valence-corrected chi connectivity index (χ3v) is 32.3. The molecule has 708 valence electrons. The largest absolute Gasteiger partial charge is 0.369 e. The average molecular weight is 2390 g/mol. The molecule has 0 spiro atoms. The van der Waals surface area contributed by atoms with E-state index in [1.807, 2.05) is 91.4 Å². The molecule has 0 bridgehead atoms. The number of rotatable bonds is 38. The van der Waals surface area contributed by atoms with E-state index in [1.54, 1.807) is 58.7 Å². The normalized spacial score (nSPS) is 15.3. The van der Waals surface area contributed by atoms with Gasteiger partial charge in [-0.2, -0.15) is 17.2 Å². The Balaban J connectivity index is 0.000000195. The van der Waals surface area contributed by atoms with Crippen molar-refractivity contribution in [3.05, 3.63) is 220 Å². The summed E-state index contributed by atoms with van der Waals surface area (Å²) in [7, 11) is -15.8. The van der Waals surface area contributed by atoms with Crippen molar-refractivity contribution in [1.82, 2.24) is 47.0 Å². The summed E-state index contributed by atoms with van der Waals surface area (Å²) in [5.74, 6) is 0.803. The van der Waals surface area contributed by atoms with Crippen LogP contribution in [0.1, 0.15) is 33.5 Å². The molecule has 4 aliphatic rings. The Morgan fingerprint density at radius 2 is 0.623 bits per heavy atom. The number of halogens is 8. The van der Waals surface area contributed by atoms with E-state index in [4.69, 9.17) is 0 Å². The van der Waals surface area contributed by atoms with Crippen LogP contribution in [0, 0.1) is 68.2 Å². The van der Waals surface area contributed by atoms with Crippen LogP contribution in [-0.4, -0.2) is 300 Å². The Hall–Kier alpha value is -6.72. The second kappa shape index (κ2) is 51.3. The van der Waals surface area contributed by atoms with Gasteiger partial charge in [0, 0.05) is 292 Å². The summed E-state index contributed by atoms with van der Waals surface area (Å²) in [6.07, 6.45) is 10.4. The number of hydrogen-bond donors (Lipinski definition) is 0. The first kappa shape index (κ1) is 107. The van der Waals surface area contributed by atoms with E-state index in [0.717, 1.165) is 22.8 Å². The molecule has 0 aliphatic carbocycles. The molecule has 0 N–H and O–H groups in total. The molecule has 130 heavy (non-hydrogen) atoms. The molecular weight excluding hydrogens is 2290 g/mol. The SMILES string of the molecule is Cc1cc([N+](=O)[O-])cc(S(=O)(=O)N2CCN(Cc3ccccn3)CC2)c1N(CCBr)CCBr.Cc1cc([N+](=O)[O-])cc(S(=O)(=O)N2CCN(Cc3cccnc3)CC2)c1N(CCBr)CCBr.Cc1cc([N+](=O)[O-])cc(S(=O)(=O)N2CCN(c3ccccn3)CC2)c1N(CCBr)CCBr.Cc1cc([N+](=O)[O-])cc(S(=O)(=O)N2CCN(c3cccnc3)CC2)c1N(CCBr)CCBr. The number of nitrogens with zero attached hydrogens (tertiary/aromatic N) is 20. The summed E-state index contributed by atoms with van der Waals surface area (Å²) in [5.41, 5.74) is 6.40. The summed E-state index contributed by atoms with van der Waals surface area (Å²) in [6, 6.07) is 29.6. The molecular formula is C82H104Br8N20O16S4. The van der Waals surface area contributed by atoms with Crippen molar-refractivity contribution < 1.29 is 53.4 Å². The quantitative estimate of drug-likeness (QED) is 0.0197. The maximum Gasteiger partial charge on any atom is 0.271 e. The number of sulfonamides is 4. The fraction of sp³-hybridized carbons (Fsp3) is 0.463. The molecule has 8 heterocycles. The van der Waals surface area contributed by atoms with E-state index < -0.39 is 59.8 Å². The lowest BCUT2D eigenvalue weighted by atomic mass is 10.1. The summed E-state index contributed by atoms with van der Waals surface area (Å²) < 4.78 is 115. The Bertz CT molecular complexity index is 5220. The summed E-state index contributed by atoms with van der Waals surface area (Å²) in [4.78, 5) is 77.0. The Morgan fingerprint density at radius 1 is 0.331 bits per heavy atom. The van der Waals surface area contributed by atoms with Crippen LogP contribution in [0.3, 0.4) is 0 Å². The maximum absolute atomic E-state index is 13.7. The number of alkyl halides is 8. The first-order valence-corrected chi connectivity index (χ1v) is 56.1. The van der Waals surface area contributed by atoms with Crippen molar-refractivity contribution in [1.29, 1.82) is 0 Å². The van der Waals surface area contributed by atoms with Crippen LogP contribution in [0.2, 0.25) is 0 Å². The Labute approximate surface area is 826 Å². The number of non-ortho nitro benzene ring substituents is 4. The highest BCUT2D eigenvalue weighted by Crippen LogP contribution is 2.42. The Morgan fingerprint density at radius 3 is 0.892 bits per heavy atom. The molecule has 4 aromatic carbocycles. The van der Waals surface area contributed by atoms with Gasteiger partial charge < -0.3 is 29.4 Å². The monoisotopic (exact) mass is 2380 g/mol. The summed E-state index contributed by atoms with van der Waals surface area (Å²) in [6.45, 7) is 19.5. The fourth-order valence-corrected chi connectivity index (χ4v) is 25.9. The van der Waals surface area contributed by atoms with Gasteiger partial charge in [0.25, 0.3) is 22.7 Å². The molecule has 12 rings (SSSR count). The van der Waals surface area contributed by atoms with Crippen molar-refractivity contribution in [3.8, 4) is 0 Å². The molecule has 0 saturated carbocycles. The number of benzene rings is 4. The van der Waals surface area contributed by atoms with E-state index in [2.05, 4.69) is 162 Å². The van der Waals surface area contributed by atoms with Gasteiger partial charge in [0.2, 0.25) is 40.1 Å². The molecule has 0 radical (unpaired) electrons. The van der Waals surface area contributed by atoms with Crippen molar-refractivity contribution in [2.45, 2.75) is 60.4 Å². The lowest BCUT2D eigenvalue weighted by Gasteiger charge is -2.36. The number of anilines is 6. The zero-order valence-corrected chi connectivity index (χ0v) is 88.0. The van der Waals surface area contributed by atoms with Crippen molar-refractivity contribution in [2.24, 2.45) is 0 Å². The van der Waals surface area contributed by atoms with Crippen LogP contribution in [-0.2, 0) is 53.2 Å². The first-order chi connectivity index (χ1) is 62.1. The smallest absolute Gasteiger partial charge is 0.271 e. The molecule has 8 aromatic rings. The third kappa shape index (κ3) is 28.2. The highest BCUT2D eigenvalue weighted by molar-refractivity contribution is 9.10. The van der Waals surface area contributed by atoms with E-state index in [0.29, 0.717) is 232 Å². The number of pyridine rings is 4. The van der Waals surface area contributed by atoms with Crippen molar-refractivity contribution in [3.63, 3.8) is 0 Å². The molecule has 0 atom stereocenters. The van der Waals surface area contributed by atoms with Gasteiger partial charge in [-0.1, -0.05) is 146 Å². The van der Waals surface area contributed by atoms with Gasteiger partial charge in [0.15, 0.2) is 0 Å². The number of piperazine rings is 4. The standard InChI is InChI=1S/2C21H27Br2N5O4S.2C20H25Br2N5O4S/c1-17-13-19(28(29)30)14-20(21(17)26(7-4-22)8-5-23)33(31,32)27-11-9-25(10-12-27)16-18-3-2-6-24-15-18;1-17-14-19(28(29)30)15-20(21(17)26(8-5-22)9-6-23)33(31,32)27-12-10-25(11-13-27)16-18-4-2-3-7-24-18;1-16-13-18(27(28)29)14-19(20(16)25(7-4-21)8-5-22)32(30,31)26-11-9-24(10-12-26)17-3-2-6-23-15-17;1-16-14-17(27(28)29)15-18(20(16)25(8-5-21)9-6-22)32(30,31)26-12-10-24(11-13-26)19-4-2-3-7-23-19/h2-3,6,13-15H,4-5,7-12,16H2,1H3;2-4,7,14-15H,5-6,8-13,16H2,1H3;2-3,6,13-15H,4-5,7-12H2,1H3;2-4,7,14-15H,5-6,8-13H2,1H3. The molecule has 4 aromatic heterocycles. The number of aryl methyl sites for hydroxylation is 4. The number of nitro groups is 4. The van der Waals surface area contributed by atoms with Gasteiger partial charge in [-0.25, -0.2) is 38.7 Å². The van der Waals surface area contributed by atoms with Crippen LogP contribution in [0.15, 0.2) is 166 Å². The first-order valence-electron chi connectivity index (χ1n) is 41.3. The second-order valence-electron chi connectivity index (χ2n) is 30.2. The van der Waals surface area contributed by atoms with Crippen molar-refractivity contribution in [2.75, 3.05) is 229 Å². The molecule has 0 unspecified atom stereocenters. The van der Waals surface area contributed by atoms with Gasteiger partial charge >= 0.3 is 0 Å². The third-order valence-electron chi connectivity index (χ3n) is 21.8. The minimum atomic E-state index is -3.95. The minimum absolute atomic E-state index is 0.00295. The van der Waals surface area contributed by atoms with Gasteiger partial charge in [0.05, 0.1) is 60.0 Å². The predicted molar refractivity (Wildman–Crippen MR) is 538 cm³/mol. The molecule has 36 nitrogen and oxygen atoms in total. The van der Waals surface area contributed by atoms with Crippen LogP contribution in [0.25, 0.3) is 0 Å². The topological polar surface area (TPSA) is 400 Å². The molecule has 4 saturated heterocycles. The summed E-state index contributed by atoms with van der Waals surface area (Å²) >= 11 is 27.4. The Kier molecular flexibility index (Phi) is 42.2. The van der Waals surface area contributed by atoms with E-state index >= 15 is 0 Å². The molecule has 4 aliphatic heterocycles. The highest BCUT2D eigenvalue weighted by Gasteiger charge is 2.40. The fourth-order valence-electron chi connectivity index (χ4n) is 15.6. The van der Waals surface area contributed by atoms with Crippen LogP contribution in [0.4, 0.5) is 57.0 Å². The van der Waals surface area contributed by atoms with E-state index in [1.165, 1.54) is 65.8 Å². The van der Waals surface area contributed by atoms with E-state index in [9.17, 15) is 74.1 Å². The van der Waals surface area contributed by atoms with E-state index in [-0.39, 0.29) is 68.5 Å². The highest BCUT2D eigenvalue weighted by atomic mass is 79.9. The van der Waals surface area contributed by atoms with Gasteiger partial charge in [-0.05, 0) is 98.0 Å². The van der Waals surface area contributed by atoms with Crippen LogP contribution >= 0.6 is 127 Å². The minimum Gasteiger partial charge on any atom is -0.369 e. The van der Waals surface area contributed by atoms with Gasteiger partial charge in [-0.15, -0.1) is 0 Å². The second-order valence-corrected chi connectivity index (χ2v) is 44.1. The van der Waals surface area contributed by atoms with Crippen LogP contribution in [0.5, 0.6) is 0 Å². The molecule has 0 amide bonds. The predicted octanol–water partition coefficient (Wildman–Crippen LogP) is 13.6. The van der Waals surface area contributed by atoms with Crippen molar-refractivity contribution >= 4 is 225 Å². The maximum atomic E-state index is 13.7. The lowest BCUT2D eigenvalue weighted by Crippen LogP contribution is -2.49.